The molecule has 1 atom stereocenters. The molecule has 3 heteroatoms. The highest BCUT2D eigenvalue weighted by Crippen LogP contribution is 2.27. The van der Waals surface area contributed by atoms with Crippen molar-refractivity contribution in [3.8, 4) is 5.75 Å². The van der Waals surface area contributed by atoms with Crippen LogP contribution in [0, 0.1) is 0 Å². The Labute approximate surface area is 162 Å². The van der Waals surface area contributed by atoms with Crippen molar-refractivity contribution < 1.29 is 9.52 Å². The van der Waals surface area contributed by atoms with Crippen molar-refractivity contribution in [2.75, 3.05) is 0 Å². The van der Waals surface area contributed by atoms with Crippen LogP contribution in [0.4, 0.5) is 0 Å². The molecule has 2 aliphatic rings. The van der Waals surface area contributed by atoms with E-state index in [1.165, 1.54) is 12.8 Å². The number of aromatic hydroxyl groups is 1. The first-order chi connectivity index (χ1) is 13.2. The molecule has 1 aromatic rings. The van der Waals surface area contributed by atoms with Crippen LogP contribution >= 0.6 is 0 Å². The maximum Gasteiger partial charge on any atom is 0.343 e. The highest BCUT2D eigenvalue weighted by molar-refractivity contribution is 5.38. The molecular weight excluding hydrogens is 336 g/mol. The summed E-state index contributed by atoms with van der Waals surface area (Å²) >= 11 is 0. The average molecular weight is 369 g/mol. The van der Waals surface area contributed by atoms with Gasteiger partial charge in [0.2, 0.25) is 0 Å². The Hall–Kier alpha value is -2.29. The van der Waals surface area contributed by atoms with Crippen LogP contribution in [0.15, 0.2) is 63.9 Å². The van der Waals surface area contributed by atoms with Crippen LogP contribution in [0.5, 0.6) is 5.75 Å². The first-order valence-corrected chi connectivity index (χ1v) is 10.2. The minimum absolute atomic E-state index is 0.0345. The predicted molar refractivity (Wildman–Crippen MR) is 112 cm³/mol. The number of fused-ring (bicyclic) bond motifs is 11. The molecule has 27 heavy (non-hydrogen) atoms. The molecule has 0 saturated heterocycles. The van der Waals surface area contributed by atoms with Crippen LogP contribution < -0.4 is 5.63 Å². The van der Waals surface area contributed by atoms with Crippen LogP contribution in [0.1, 0.15) is 75.5 Å². The van der Waals surface area contributed by atoms with Gasteiger partial charge in [-0.1, -0.05) is 68.4 Å². The van der Waals surface area contributed by atoms with Crippen molar-refractivity contribution in [3.63, 3.8) is 0 Å². The van der Waals surface area contributed by atoms with E-state index in [2.05, 4.69) is 31.2 Å². The van der Waals surface area contributed by atoms with Crippen molar-refractivity contribution in [2.45, 2.75) is 70.6 Å². The molecule has 0 fully saturated rings. The van der Waals surface area contributed by atoms with Crippen molar-refractivity contribution >= 4 is 0 Å². The Morgan fingerprint density at radius 3 is 2.78 bits per heavy atom. The van der Waals surface area contributed by atoms with Crippen molar-refractivity contribution in [2.24, 2.45) is 0 Å². The largest absolute Gasteiger partial charge is 0.507 e. The lowest BCUT2D eigenvalue weighted by Gasteiger charge is -2.11. The lowest BCUT2D eigenvalue weighted by molar-refractivity contribution is 0.407. The second-order valence-electron chi connectivity index (χ2n) is 6.96. The van der Waals surface area contributed by atoms with E-state index in [1.54, 1.807) is 6.07 Å². The molecule has 146 valence electrons. The zero-order valence-electron chi connectivity index (χ0n) is 16.4. The van der Waals surface area contributed by atoms with Crippen molar-refractivity contribution in [1.82, 2.24) is 0 Å². The highest BCUT2D eigenvalue weighted by atomic mass is 16.4. The monoisotopic (exact) mass is 368 g/mol. The number of hydrogen-bond acceptors (Lipinski definition) is 3. The molecule has 3 nitrogen and oxygen atoms in total. The molecule has 2 heterocycles. The van der Waals surface area contributed by atoms with E-state index < -0.39 is 5.63 Å². The fraction of sp³-hybridized carbons (Fsp3) is 0.458. The average Bonchev–Trinajstić information content (AvgIpc) is 2.63. The van der Waals surface area contributed by atoms with Crippen LogP contribution in [-0.2, 0) is 6.42 Å². The summed E-state index contributed by atoms with van der Waals surface area (Å²) in [4.78, 5) is 12.5. The molecular formula is C24H32O3. The Balaban J connectivity index is 2.29. The Bertz CT molecular complexity index is 734. The normalized spacial score (nSPS) is 21.7. The Kier molecular flexibility index (Phi) is 9.47. The van der Waals surface area contributed by atoms with Gasteiger partial charge >= 0.3 is 5.63 Å². The van der Waals surface area contributed by atoms with Gasteiger partial charge in [-0.3, -0.25) is 0 Å². The summed E-state index contributed by atoms with van der Waals surface area (Å²) in [5, 5.41) is 10.5. The van der Waals surface area contributed by atoms with Gasteiger partial charge in [0.25, 0.3) is 0 Å². The smallest absolute Gasteiger partial charge is 0.343 e. The van der Waals surface area contributed by atoms with Gasteiger partial charge in [0.15, 0.2) is 0 Å². The van der Waals surface area contributed by atoms with Gasteiger partial charge in [0.1, 0.15) is 11.5 Å². The van der Waals surface area contributed by atoms with Gasteiger partial charge in [-0.25, -0.2) is 4.79 Å². The summed E-state index contributed by atoms with van der Waals surface area (Å²) in [5.74, 6) is 0.324. The van der Waals surface area contributed by atoms with Gasteiger partial charge in [0, 0.05) is 18.4 Å². The molecule has 0 spiro atoms. The van der Waals surface area contributed by atoms with Crippen molar-refractivity contribution in [1.29, 1.82) is 0 Å². The summed E-state index contributed by atoms with van der Waals surface area (Å²) in [7, 11) is 0. The molecule has 1 N–H and O–H groups in total. The zero-order valence-corrected chi connectivity index (χ0v) is 16.4. The molecule has 3 rings (SSSR count). The third-order valence-electron chi connectivity index (χ3n) is 4.69. The highest BCUT2D eigenvalue weighted by Gasteiger charge is 2.17. The quantitative estimate of drug-likeness (QED) is 0.630. The number of hydrogen-bond donors (Lipinski definition) is 1. The van der Waals surface area contributed by atoms with Gasteiger partial charge in [-0.2, -0.15) is 0 Å². The van der Waals surface area contributed by atoms with Gasteiger partial charge in [-0.05, 0) is 38.5 Å². The van der Waals surface area contributed by atoms with Crippen LogP contribution in [0.2, 0.25) is 0 Å². The fourth-order valence-electron chi connectivity index (χ4n) is 3.22. The summed E-state index contributed by atoms with van der Waals surface area (Å²) in [6.45, 7) is 2.10. The molecule has 1 aliphatic carbocycles. The minimum atomic E-state index is -0.434. The third kappa shape index (κ3) is 7.46. The van der Waals surface area contributed by atoms with Crippen LogP contribution in [0.3, 0.4) is 0 Å². The summed E-state index contributed by atoms with van der Waals surface area (Å²) in [5.41, 5.74) is -0.113. The topological polar surface area (TPSA) is 50.4 Å². The van der Waals surface area contributed by atoms with E-state index in [-0.39, 0.29) is 11.7 Å². The predicted octanol–water partition coefficient (Wildman–Crippen LogP) is 6.35. The van der Waals surface area contributed by atoms with E-state index in [0.29, 0.717) is 17.7 Å². The van der Waals surface area contributed by atoms with E-state index in [9.17, 15) is 9.90 Å². The molecule has 2 bridgehead atoms. The maximum absolute atomic E-state index is 12.5. The first-order valence-electron chi connectivity index (χ1n) is 10.2. The Morgan fingerprint density at radius 2 is 1.96 bits per heavy atom. The SMILES string of the molecule is CC/C=C\C/C=C/C1/C=C\C/C=C\CCCCCCc2cc(O)c1c(=O)o2. The minimum Gasteiger partial charge on any atom is -0.507 e. The van der Waals surface area contributed by atoms with Crippen LogP contribution in [-0.4, -0.2) is 5.11 Å². The summed E-state index contributed by atoms with van der Waals surface area (Å²) < 4.78 is 5.50. The van der Waals surface area contributed by atoms with Gasteiger partial charge in [-0.15, -0.1) is 0 Å². The third-order valence-corrected chi connectivity index (χ3v) is 4.69. The number of allylic oxidation sites excluding steroid dienone is 8. The van der Waals surface area contributed by atoms with E-state index in [0.717, 1.165) is 38.5 Å². The molecule has 0 radical (unpaired) electrons. The Morgan fingerprint density at radius 1 is 1.11 bits per heavy atom. The maximum atomic E-state index is 12.5. The molecule has 1 aromatic heterocycles. The van der Waals surface area contributed by atoms with E-state index in [4.69, 9.17) is 4.42 Å². The van der Waals surface area contributed by atoms with E-state index >= 15 is 0 Å². The molecule has 0 amide bonds. The van der Waals surface area contributed by atoms with Crippen molar-refractivity contribution in [3.05, 3.63) is 76.4 Å². The second-order valence-corrected chi connectivity index (χ2v) is 6.96. The molecule has 0 aromatic carbocycles. The lowest BCUT2D eigenvalue weighted by Crippen LogP contribution is -2.12. The van der Waals surface area contributed by atoms with Crippen LogP contribution in [0.25, 0.3) is 0 Å². The number of aryl methyl sites for hydroxylation is 1. The zero-order chi connectivity index (χ0) is 19.3. The van der Waals surface area contributed by atoms with Gasteiger partial charge < -0.3 is 9.52 Å². The van der Waals surface area contributed by atoms with Gasteiger partial charge in [0.05, 0.1) is 5.56 Å². The lowest BCUT2D eigenvalue weighted by atomic mass is 9.97. The molecule has 1 unspecified atom stereocenters. The molecule has 1 aliphatic heterocycles. The molecule has 0 saturated carbocycles. The first kappa shape index (κ1) is 21.0. The summed E-state index contributed by atoms with van der Waals surface area (Å²) in [6.07, 6.45) is 25.5. The second kappa shape index (κ2) is 12.2. The fourth-order valence-corrected chi connectivity index (χ4v) is 3.22. The standard InChI is InChI=1S/C24H32O3/c1-2-3-4-10-13-16-20-17-14-11-8-6-5-7-9-12-15-18-21-19-22(25)23(20)24(26)27-21/h3-4,6,8,13-14,16-17,19-20,25H,2,5,7,9-12,15,18H2,1H3/b4-3-,8-6-,16-13+,17-14-. The summed E-state index contributed by atoms with van der Waals surface area (Å²) in [6, 6.07) is 1.62. The van der Waals surface area contributed by atoms with E-state index in [1.807, 2.05) is 24.3 Å². The number of rotatable bonds is 4.